The summed E-state index contributed by atoms with van der Waals surface area (Å²) < 4.78 is 40.7. The number of nitrogens with one attached hydrogen (secondary N) is 1. The van der Waals surface area contributed by atoms with Crippen LogP contribution in [-0.2, 0) is 6.18 Å². The highest BCUT2D eigenvalue weighted by atomic mass is 19.4. The van der Waals surface area contributed by atoms with Crippen LogP contribution in [0.4, 0.5) is 30.6 Å². The fraction of sp³-hybridized carbons (Fsp3) is 0.167. The van der Waals surface area contributed by atoms with Crippen molar-refractivity contribution in [3.05, 3.63) is 69.2 Å². The van der Waals surface area contributed by atoms with E-state index < -0.39 is 22.4 Å². The number of hydrogen-bond donors (Lipinski definition) is 2. The van der Waals surface area contributed by atoms with Gasteiger partial charge in [0.05, 0.1) is 16.7 Å². The Morgan fingerprint density at radius 1 is 1.30 bits per heavy atom. The molecule has 0 unspecified atom stereocenters. The van der Waals surface area contributed by atoms with Crippen LogP contribution in [0.15, 0.2) is 41.6 Å². The van der Waals surface area contributed by atoms with Crippen LogP contribution in [0.5, 0.6) is 0 Å². The molecule has 2 heterocycles. The fourth-order valence-electron chi connectivity index (χ4n) is 2.90. The summed E-state index contributed by atoms with van der Waals surface area (Å²) in [5, 5.41) is 15.0. The van der Waals surface area contributed by atoms with Gasteiger partial charge in [-0.3, -0.25) is 15.5 Å². The zero-order valence-corrected chi connectivity index (χ0v) is 15.8. The lowest BCUT2D eigenvalue weighted by Gasteiger charge is -2.13. The Kier molecular flexibility index (Phi) is 5.41. The molecule has 0 aliphatic heterocycles. The molecule has 0 atom stereocenters. The Labute approximate surface area is 168 Å². The van der Waals surface area contributed by atoms with Crippen LogP contribution in [-0.4, -0.2) is 25.7 Å². The summed E-state index contributed by atoms with van der Waals surface area (Å²) in [5.41, 5.74) is 9.01. The lowest BCUT2D eigenvalue weighted by molar-refractivity contribution is -0.384. The number of aromatic nitrogens is 3. The first-order chi connectivity index (χ1) is 14.1. The van der Waals surface area contributed by atoms with Gasteiger partial charge in [0.1, 0.15) is 6.20 Å². The van der Waals surface area contributed by atoms with Gasteiger partial charge in [0, 0.05) is 22.6 Å². The van der Waals surface area contributed by atoms with Crippen molar-refractivity contribution in [2.75, 3.05) is 11.2 Å². The van der Waals surface area contributed by atoms with Crippen molar-refractivity contribution in [1.82, 2.24) is 14.5 Å². The average molecular weight is 419 g/mol. The molecule has 30 heavy (non-hydrogen) atoms. The summed E-state index contributed by atoms with van der Waals surface area (Å²) in [4.78, 5) is 17.7. The molecule has 9 nitrogen and oxygen atoms in total. The summed E-state index contributed by atoms with van der Waals surface area (Å²) >= 11 is 0. The van der Waals surface area contributed by atoms with Crippen molar-refractivity contribution < 1.29 is 18.1 Å². The van der Waals surface area contributed by atoms with Crippen molar-refractivity contribution in [2.45, 2.75) is 20.0 Å². The number of halogens is 3. The molecule has 0 fully saturated rings. The average Bonchev–Trinajstić information content (AvgIpc) is 2.94. The zero-order chi connectivity index (χ0) is 22.1. The van der Waals surface area contributed by atoms with E-state index in [2.05, 4.69) is 20.5 Å². The number of alkyl halides is 3. The van der Waals surface area contributed by atoms with Gasteiger partial charge in [-0.15, -0.1) is 0 Å². The predicted molar refractivity (Wildman–Crippen MR) is 105 cm³/mol. The molecule has 0 aliphatic carbocycles. The van der Waals surface area contributed by atoms with Gasteiger partial charge in [-0.05, 0) is 38.1 Å². The van der Waals surface area contributed by atoms with E-state index in [1.54, 1.807) is 30.5 Å². The first kappa shape index (κ1) is 20.8. The maximum absolute atomic E-state index is 13.0. The van der Waals surface area contributed by atoms with Crippen molar-refractivity contribution >= 4 is 23.7 Å². The number of benzene rings is 1. The van der Waals surface area contributed by atoms with E-state index >= 15 is 0 Å². The van der Waals surface area contributed by atoms with Crippen LogP contribution in [0.3, 0.4) is 0 Å². The lowest BCUT2D eigenvalue weighted by Crippen LogP contribution is -2.07. The second-order valence-electron chi connectivity index (χ2n) is 6.30. The quantitative estimate of drug-likeness (QED) is 0.368. The van der Waals surface area contributed by atoms with Gasteiger partial charge in [0.15, 0.2) is 0 Å². The van der Waals surface area contributed by atoms with Crippen LogP contribution < -0.4 is 11.2 Å². The molecular formula is C18H16F3N7O2. The maximum Gasteiger partial charge on any atom is 0.416 e. The van der Waals surface area contributed by atoms with E-state index in [9.17, 15) is 23.3 Å². The number of rotatable bonds is 5. The van der Waals surface area contributed by atoms with Crippen molar-refractivity contribution in [1.29, 1.82) is 0 Å². The second kappa shape index (κ2) is 7.81. The molecule has 0 spiro atoms. The van der Waals surface area contributed by atoms with E-state index in [0.29, 0.717) is 22.6 Å². The van der Waals surface area contributed by atoms with Gasteiger partial charge in [0.25, 0.3) is 0 Å². The van der Waals surface area contributed by atoms with E-state index in [1.807, 2.05) is 0 Å². The van der Waals surface area contributed by atoms with Crippen LogP contribution in [0.1, 0.15) is 22.5 Å². The first-order valence-electron chi connectivity index (χ1n) is 8.50. The number of nitro groups is 1. The molecule has 2 aromatic heterocycles. The standard InChI is InChI=1S/C18H16F3N7O2/c1-10-6-12(8-24-26-16-15(28(29)30)9-23-17(22)25-16)11(2)27(10)14-5-3-4-13(7-14)18(19,20)21/h3-9H,1-2H3,(H3,22,23,25,26)/b24-8+. The van der Waals surface area contributed by atoms with Crippen LogP contribution in [0.25, 0.3) is 5.69 Å². The van der Waals surface area contributed by atoms with Crippen molar-refractivity contribution in [3.63, 3.8) is 0 Å². The molecule has 0 bridgehead atoms. The van der Waals surface area contributed by atoms with E-state index in [1.165, 1.54) is 12.3 Å². The largest absolute Gasteiger partial charge is 0.416 e. The number of hydrogen-bond acceptors (Lipinski definition) is 7. The summed E-state index contributed by atoms with van der Waals surface area (Å²) in [6.45, 7) is 3.47. The molecule has 3 aromatic rings. The van der Waals surface area contributed by atoms with E-state index in [-0.39, 0.29) is 11.8 Å². The lowest BCUT2D eigenvalue weighted by atomic mass is 10.2. The molecule has 12 heteroatoms. The van der Waals surface area contributed by atoms with Crippen molar-refractivity contribution in [3.8, 4) is 5.69 Å². The van der Waals surface area contributed by atoms with Gasteiger partial charge < -0.3 is 10.3 Å². The first-order valence-corrected chi connectivity index (χ1v) is 8.50. The SMILES string of the molecule is Cc1cc(/C=N/Nc2nc(N)ncc2[N+](=O)[O-])c(C)n1-c1cccc(C(F)(F)F)c1. The molecule has 0 aliphatic rings. The third-order valence-corrected chi connectivity index (χ3v) is 4.26. The van der Waals surface area contributed by atoms with Gasteiger partial charge in [-0.25, -0.2) is 4.98 Å². The molecule has 0 saturated carbocycles. The molecule has 156 valence electrons. The zero-order valence-electron chi connectivity index (χ0n) is 15.8. The number of nitrogen functional groups attached to an aromatic ring is 1. The summed E-state index contributed by atoms with van der Waals surface area (Å²) in [6, 6.07) is 6.70. The smallest absolute Gasteiger partial charge is 0.368 e. The fourth-order valence-corrected chi connectivity index (χ4v) is 2.90. The molecule has 1 aromatic carbocycles. The Morgan fingerprint density at radius 2 is 2.03 bits per heavy atom. The van der Waals surface area contributed by atoms with Gasteiger partial charge in [-0.2, -0.15) is 23.3 Å². The van der Waals surface area contributed by atoms with Crippen molar-refractivity contribution in [2.24, 2.45) is 5.10 Å². The molecule has 0 saturated heterocycles. The molecular weight excluding hydrogens is 403 g/mol. The summed E-state index contributed by atoms with van der Waals surface area (Å²) in [5.74, 6) is -0.350. The van der Waals surface area contributed by atoms with Crippen LogP contribution in [0.2, 0.25) is 0 Å². The third kappa shape index (κ3) is 4.21. The number of anilines is 2. The normalized spacial score (nSPS) is 11.8. The Hall–Kier alpha value is -3.96. The minimum atomic E-state index is -4.45. The molecule has 3 rings (SSSR count). The summed E-state index contributed by atoms with van der Waals surface area (Å²) in [7, 11) is 0. The molecule has 0 amide bonds. The highest BCUT2D eigenvalue weighted by Crippen LogP contribution is 2.31. The van der Waals surface area contributed by atoms with Gasteiger partial charge >= 0.3 is 11.9 Å². The Bertz CT molecular complexity index is 1140. The van der Waals surface area contributed by atoms with E-state index in [0.717, 1.165) is 18.3 Å². The number of nitrogens with zero attached hydrogens (tertiary/aromatic N) is 5. The Morgan fingerprint density at radius 3 is 2.70 bits per heavy atom. The van der Waals surface area contributed by atoms with Gasteiger partial charge in [-0.1, -0.05) is 6.07 Å². The monoisotopic (exact) mass is 419 g/mol. The third-order valence-electron chi connectivity index (χ3n) is 4.26. The summed E-state index contributed by atoms with van der Waals surface area (Å²) in [6.07, 6.45) is -2.11. The van der Waals surface area contributed by atoms with Crippen LogP contribution >= 0.6 is 0 Å². The van der Waals surface area contributed by atoms with Crippen LogP contribution in [0, 0.1) is 24.0 Å². The number of aryl methyl sites for hydroxylation is 1. The second-order valence-corrected chi connectivity index (χ2v) is 6.30. The highest BCUT2D eigenvalue weighted by molar-refractivity contribution is 5.83. The van der Waals surface area contributed by atoms with Gasteiger partial charge in [0.2, 0.25) is 11.8 Å². The molecule has 3 N–H and O–H groups in total. The predicted octanol–water partition coefficient (Wildman–Crippen LogP) is 3.84. The Balaban J connectivity index is 1.91. The minimum absolute atomic E-state index is 0.166. The molecule has 0 radical (unpaired) electrons. The minimum Gasteiger partial charge on any atom is -0.368 e. The number of hydrazone groups is 1. The topological polar surface area (TPSA) is 124 Å². The highest BCUT2D eigenvalue weighted by Gasteiger charge is 2.30. The number of nitrogens with two attached hydrogens (primary N) is 1. The maximum atomic E-state index is 13.0. The van der Waals surface area contributed by atoms with E-state index in [4.69, 9.17) is 5.73 Å².